The molecular weight excluding hydrogens is 284 g/mol. The first-order valence-corrected chi connectivity index (χ1v) is 7.35. The Labute approximate surface area is 126 Å². The molecule has 0 amide bonds. The first-order chi connectivity index (χ1) is 10.7. The summed E-state index contributed by atoms with van der Waals surface area (Å²) >= 11 is 0. The fourth-order valence-electron chi connectivity index (χ4n) is 2.60. The highest BCUT2D eigenvalue weighted by Crippen LogP contribution is 2.26. The Morgan fingerprint density at radius 1 is 1.32 bits per heavy atom. The van der Waals surface area contributed by atoms with E-state index >= 15 is 0 Å². The van der Waals surface area contributed by atoms with Crippen LogP contribution in [0.25, 0.3) is 17.4 Å². The van der Waals surface area contributed by atoms with Crippen LogP contribution in [0.3, 0.4) is 0 Å². The van der Waals surface area contributed by atoms with Crippen LogP contribution in [-0.2, 0) is 4.74 Å². The van der Waals surface area contributed by atoms with Crippen molar-refractivity contribution in [2.24, 2.45) is 0 Å². The van der Waals surface area contributed by atoms with Crippen molar-refractivity contribution < 1.29 is 9.26 Å². The van der Waals surface area contributed by atoms with Crippen molar-refractivity contribution in [2.45, 2.75) is 32.1 Å². The molecule has 0 bridgehead atoms. The zero-order valence-electron chi connectivity index (χ0n) is 12.4. The van der Waals surface area contributed by atoms with Crippen LogP contribution < -0.4 is 0 Å². The third-order valence-electron chi connectivity index (χ3n) is 3.83. The number of fused-ring (bicyclic) bond motifs is 1. The van der Waals surface area contributed by atoms with Gasteiger partial charge in [-0.3, -0.25) is 0 Å². The normalized spacial score (nSPS) is 18.6. The summed E-state index contributed by atoms with van der Waals surface area (Å²) in [6.45, 7) is 5.58. The largest absolute Gasteiger partial charge is 0.381 e. The average molecular weight is 300 g/mol. The predicted molar refractivity (Wildman–Crippen MR) is 76.3 cm³/mol. The Balaban J connectivity index is 1.77. The summed E-state index contributed by atoms with van der Waals surface area (Å²) < 4.78 is 12.5. The van der Waals surface area contributed by atoms with Gasteiger partial charge in [-0.05, 0) is 18.4 Å². The highest BCUT2D eigenvalue weighted by atomic mass is 16.5. The van der Waals surface area contributed by atoms with Crippen LogP contribution in [0.4, 0.5) is 0 Å². The van der Waals surface area contributed by atoms with Crippen molar-refractivity contribution >= 4 is 5.78 Å². The van der Waals surface area contributed by atoms with Crippen LogP contribution in [0.5, 0.6) is 0 Å². The molecule has 8 nitrogen and oxygen atoms in total. The standard InChI is InChI=1S/C14H16N6O2/c1-8(2)11-5-10(17-14-15-7-16-20(11)14)13-18-12(19-22-13)9-3-4-21-6-9/h5,7-9H,3-4,6H2,1-2H3/t9-/m1/s1. The first-order valence-electron chi connectivity index (χ1n) is 7.35. The minimum atomic E-state index is 0.207. The average Bonchev–Trinajstić information content (AvgIpc) is 3.24. The topological polar surface area (TPSA) is 91.2 Å². The summed E-state index contributed by atoms with van der Waals surface area (Å²) in [5.41, 5.74) is 1.63. The third kappa shape index (κ3) is 2.16. The van der Waals surface area contributed by atoms with Gasteiger partial charge in [0.2, 0.25) is 0 Å². The van der Waals surface area contributed by atoms with Gasteiger partial charge in [0.25, 0.3) is 11.7 Å². The zero-order chi connectivity index (χ0) is 15.1. The summed E-state index contributed by atoms with van der Waals surface area (Å²) in [7, 11) is 0. The van der Waals surface area contributed by atoms with Gasteiger partial charge < -0.3 is 9.26 Å². The number of rotatable bonds is 3. The lowest BCUT2D eigenvalue weighted by molar-refractivity contribution is 0.192. The lowest BCUT2D eigenvalue weighted by atomic mass is 10.1. The molecule has 0 aromatic carbocycles. The van der Waals surface area contributed by atoms with Crippen LogP contribution in [0, 0.1) is 0 Å². The smallest absolute Gasteiger partial charge is 0.276 e. The molecule has 1 fully saturated rings. The van der Waals surface area contributed by atoms with Crippen LogP contribution in [-0.4, -0.2) is 42.9 Å². The van der Waals surface area contributed by atoms with Gasteiger partial charge in [0.05, 0.1) is 12.3 Å². The molecular formula is C14H16N6O2. The fourth-order valence-corrected chi connectivity index (χ4v) is 2.60. The van der Waals surface area contributed by atoms with Crippen molar-refractivity contribution in [2.75, 3.05) is 13.2 Å². The molecule has 4 rings (SSSR count). The van der Waals surface area contributed by atoms with E-state index in [1.807, 2.05) is 6.07 Å². The molecule has 1 saturated heterocycles. The van der Waals surface area contributed by atoms with Crippen molar-refractivity contribution in [3.8, 4) is 11.6 Å². The molecule has 1 aliphatic rings. The van der Waals surface area contributed by atoms with Crippen molar-refractivity contribution in [1.29, 1.82) is 0 Å². The quantitative estimate of drug-likeness (QED) is 0.728. The fraction of sp³-hybridized carbons (Fsp3) is 0.500. The molecule has 8 heteroatoms. The number of nitrogens with zero attached hydrogens (tertiary/aromatic N) is 6. The first kappa shape index (κ1) is 13.3. The maximum absolute atomic E-state index is 5.39. The summed E-state index contributed by atoms with van der Waals surface area (Å²) in [5, 5.41) is 8.27. The van der Waals surface area contributed by atoms with E-state index < -0.39 is 0 Å². The Hall–Kier alpha value is -2.35. The second-order valence-corrected chi connectivity index (χ2v) is 5.71. The lowest BCUT2D eigenvalue weighted by Crippen LogP contribution is -2.04. The minimum absolute atomic E-state index is 0.207. The zero-order valence-corrected chi connectivity index (χ0v) is 12.4. The molecule has 0 unspecified atom stereocenters. The molecule has 1 aliphatic heterocycles. The Morgan fingerprint density at radius 2 is 2.23 bits per heavy atom. The van der Waals surface area contributed by atoms with Gasteiger partial charge in [-0.15, -0.1) is 0 Å². The minimum Gasteiger partial charge on any atom is -0.381 e. The summed E-state index contributed by atoms with van der Waals surface area (Å²) in [6, 6.07) is 1.93. The van der Waals surface area contributed by atoms with Crippen LogP contribution in [0.2, 0.25) is 0 Å². The molecule has 114 valence electrons. The Morgan fingerprint density at radius 3 is 3.00 bits per heavy atom. The van der Waals surface area contributed by atoms with Gasteiger partial charge in [0.15, 0.2) is 5.82 Å². The molecule has 4 heterocycles. The van der Waals surface area contributed by atoms with Gasteiger partial charge >= 0.3 is 0 Å². The molecule has 0 saturated carbocycles. The molecule has 0 N–H and O–H groups in total. The van der Waals surface area contributed by atoms with E-state index in [4.69, 9.17) is 9.26 Å². The monoisotopic (exact) mass is 300 g/mol. The second kappa shape index (κ2) is 5.13. The van der Waals surface area contributed by atoms with E-state index in [1.54, 1.807) is 4.52 Å². The third-order valence-corrected chi connectivity index (χ3v) is 3.83. The number of hydrogen-bond donors (Lipinski definition) is 0. The van der Waals surface area contributed by atoms with Crippen LogP contribution >= 0.6 is 0 Å². The SMILES string of the molecule is CC(C)c1cc(-c2nc([C@@H]3CCOC3)no2)nc2ncnn12. The van der Waals surface area contributed by atoms with Gasteiger partial charge in [-0.1, -0.05) is 19.0 Å². The number of ether oxygens (including phenoxy) is 1. The van der Waals surface area contributed by atoms with E-state index in [0.29, 0.717) is 29.8 Å². The van der Waals surface area contributed by atoms with E-state index in [2.05, 4.69) is 39.1 Å². The van der Waals surface area contributed by atoms with Crippen molar-refractivity contribution in [1.82, 2.24) is 29.7 Å². The summed E-state index contributed by atoms with van der Waals surface area (Å²) in [5.74, 6) is 2.11. The molecule has 1 atom stereocenters. The Kier molecular flexibility index (Phi) is 3.11. The van der Waals surface area contributed by atoms with Gasteiger partial charge in [0.1, 0.15) is 12.0 Å². The molecule has 22 heavy (non-hydrogen) atoms. The van der Waals surface area contributed by atoms with Crippen molar-refractivity contribution in [3.63, 3.8) is 0 Å². The maximum Gasteiger partial charge on any atom is 0.276 e. The van der Waals surface area contributed by atoms with Gasteiger partial charge in [0, 0.05) is 12.5 Å². The number of hydrogen-bond acceptors (Lipinski definition) is 7. The number of aromatic nitrogens is 6. The highest BCUT2D eigenvalue weighted by molar-refractivity contribution is 5.51. The molecule has 0 radical (unpaired) electrons. The van der Waals surface area contributed by atoms with E-state index in [-0.39, 0.29) is 11.8 Å². The summed E-state index contributed by atoms with van der Waals surface area (Å²) in [6.07, 6.45) is 2.42. The predicted octanol–water partition coefficient (Wildman–Crippen LogP) is 1.80. The van der Waals surface area contributed by atoms with Crippen LogP contribution in [0.1, 0.15) is 43.6 Å². The summed E-state index contributed by atoms with van der Waals surface area (Å²) in [4.78, 5) is 13.1. The van der Waals surface area contributed by atoms with Gasteiger partial charge in [-0.2, -0.15) is 15.1 Å². The molecule has 3 aromatic heterocycles. The van der Waals surface area contributed by atoms with E-state index in [1.165, 1.54) is 6.33 Å². The highest BCUT2D eigenvalue weighted by Gasteiger charge is 2.24. The van der Waals surface area contributed by atoms with Gasteiger partial charge in [-0.25, -0.2) is 9.50 Å². The lowest BCUT2D eigenvalue weighted by Gasteiger charge is -2.07. The Bertz CT molecular complexity index is 803. The van der Waals surface area contributed by atoms with E-state index in [0.717, 1.165) is 18.7 Å². The second-order valence-electron chi connectivity index (χ2n) is 5.71. The molecule has 0 aliphatic carbocycles. The maximum atomic E-state index is 5.39. The van der Waals surface area contributed by atoms with Crippen LogP contribution in [0.15, 0.2) is 16.9 Å². The molecule has 3 aromatic rings. The molecule has 0 spiro atoms. The van der Waals surface area contributed by atoms with E-state index in [9.17, 15) is 0 Å². The van der Waals surface area contributed by atoms with Crippen molar-refractivity contribution in [3.05, 3.63) is 23.9 Å².